The molecule has 4 aromatic rings. The number of rotatable bonds is 8. The van der Waals surface area contributed by atoms with E-state index in [2.05, 4.69) is 4.98 Å². The summed E-state index contributed by atoms with van der Waals surface area (Å²) in [4.78, 5) is 23.6. The molecule has 6 nitrogen and oxygen atoms in total. The van der Waals surface area contributed by atoms with Gasteiger partial charge in [-0.05, 0) is 43.2 Å². The molecule has 0 aliphatic rings. The van der Waals surface area contributed by atoms with E-state index >= 15 is 0 Å². The maximum atomic E-state index is 13.1. The van der Waals surface area contributed by atoms with Crippen molar-refractivity contribution < 1.29 is 9.53 Å². The number of halogens is 3. The Morgan fingerprint density at radius 2 is 2.09 bits per heavy atom. The number of carbonyl (C=O) groups is 1. The van der Waals surface area contributed by atoms with Crippen LogP contribution in [0.25, 0.3) is 10.2 Å². The molecule has 0 saturated carbocycles. The molecule has 0 aliphatic heterocycles. The molecule has 168 valence electrons. The van der Waals surface area contributed by atoms with Crippen LogP contribution in [0.2, 0.25) is 10.0 Å². The van der Waals surface area contributed by atoms with Gasteiger partial charge in [-0.3, -0.25) is 9.69 Å². The van der Waals surface area contributed by atoms with E-state index in [0.717, 1.165) is 28.7 Å². The van der Waals surface area contributed by atoms with Gasteiger partial charge >= 0.3 is 0 Å². The fourth-order valence-electron chi connectivity index (χ4n) is 3.16. The summed E-state index contributed by atoms with van der Waals surface area (Å²) in [6, 6.07) is 10.9. The van der Waals surface area contributed by atoms with Gasteiger partial charge in [-0.1, -0.05) is 46.7 Å². The van der Waals surface area contributed by atoms with Crippen LogP contribution in [0, 0.1) is 6.92 Å². The van der Waals surface area contributed by atoms with Gasteiger partial charge in [-0.25, -0.2) is 9.97 Å². The lowest BCUT2D eigenvalue weighted by molar-refractivity contribution is -0.120. The Labute approximate surface area is 206 Å². The Balaban J connectivity index is 0.00000289. The van der Waals surface area contributed by atoms with Crippen LogP contribution in [0.15, 0.2) is 55.1 Å². The normalized spacial score (nSPS) is 10.7. The number of amides is 1. The molecular formula is C22H21Cl3N4O2S. The maximum Gasteiger partial charge on any atom is 0.266 e. The lowest BCUT2D eigenvalue weighted by Gasteiger charge is -2.20. The molecule has 2 aromatic heterocycles. The van der Waals surface area contributed by atoms with Crippen molar-refractivity contribution in [3.63, 3.8) is 0 Å². The minimum atomic E-state index is -0.187. The topological polar surface area (TPSA) is 60.2 Å². The van der Waals surface area contributed by atoms with Crippen molar-refractivity contribution >= 4 is 68.2 Å². The van der Waals surface area contributed by atoms with Gasteiger partial charge < -0.3 is 9.30 Å². The molecule has 0 bridgehead atoms. The number of nitrogens with zero attached hydrogens (tertiary/aromatic N) is 4. The highest BCUT2D eigenvalue weighted by Crippen LogP contribution is 2.31. The number of aromatic nitrogens is 3. The highest BCUT2D eigenvalue weighted by atomic mass is 35.5. The van der Waals surface area contributed by atoms with Crippen molar-refractivity contribution in [2.75, 3.05) is 18.1 Å². The number of hydrogen-bond donors (Lipinski definition) is 0. The van der Waals surface area contributed by atoms with Crippen LogP contribution >= 0.6 is 46.9 Å². The second-order valence-electron chi connectivity index (χ2n) is 6.98. The van der Waals surface area contributed by atoms with Crippen molar-refractivity contribution in [3.8, 4) is 5.75 Å². The zero-order chi connectivity index (χ0) is 21.8. The number of benzene rings is 2. The number of imidazole rings is 1. The fourth-order valence-corrected chi connectivity index (χ4v) is 4.71. The van der Waals surface area contributed by atoms with Crippen molar-refractivity contribution in [1.29, 1.82) is 0 Å². The van der Waals surface area contributed by atoms with Crippen LogP contribution in [0.5, 0.6) is 5.75 Å². The zero-order valence-electron chi connectivity index (χ0n) is 17.2. The molecule has 0 spiro atoms. The first-order valence-corrected chi connectivity index (χ1v) is 11.3. The van der Waals surface area contributed by atoms with Crippen LogP contribution < -0.4 is 9.64 Å². The highest BCUT2D eigenvalue weighted by Gasteiger charge is 2.21. The first kappa shape index (κ1) is 24.3. The number of hydrogen-bond acceptors (Lipinski definition) is 5. The van der Waals surface area contributed by atoms with Crippen molar-refractivity contribution in [2.45, 2.75) is 19.9 Å². The molecular weight excluding hydrogens is 491 g/mol. The largest absolute Gasteiger partial charge is 0.482 e. The summed E-state index contributed by atoms with van der Waals surface area (Å²) >= 11 is 13.6. The van der Waals surface area contributed by atoms with E-state index in [1.807, 2.05) is 35.9 Å². The standard InChI is InChI=1S/C22H20Cl2N4O2S.ClH/c1-15-4-2-5-19-21(15)26-22(31-19)28(10-3-9-27-11-8-25-14-27)20(29)13-30-18-7-6-16(23)12-17(18)24;/h2,4-8,11-12,14H,3,9-10,13H2,1H3;1H. The Morgan fingerprint density at radius 3 is 2.81 bits per heavy atom. The maximum absolute atomic E-state index is 13.1. The lowest BCUT2D eigenvalue weighted by Crippen LogP contribution is -2.36. The fraction of sp³-hybridized carbons (Fsp3) is 0.227. The molecule has 2 aromatic carbocycles. The summed E-state index contributed by atoms with van der Waals surface area (Å²) in [5.74, 6) is 0.228. The minimum absolute atomic E-state index is 0. The number of carbonyl (C=O) groups excluding carboxylic acids is 1. The molecule has 0 aliphatic carbocycles. The van der Waals surface area contributed by atoms with Gasteiger partial charge in [-0.15, -0.1) is 12.4 Å². The molecule has 0 fully saturated rings. The van der Waals surface area contributed by atoms with Crippen LogP contribution in [0.1, 0.15) is 12.0 Å². The van der Waals surface area contributed by atoms with E-state index in [0.29, 0.717) is 27.5 Å². The van der Waals surface area contributed by atoms with E-state index < -0.39 is 0 Å². The lowest BCUT2D eigenvalue weighted by atomic mass is 10.2. The van der Waals surface area contributed by atoms with Gasteiger partial charge in [-0.2, -0.15) is 0 Å². The van der Waals surface area contributed by atoms with Gasteiger partial charge in [0.2, 0.25) is 0 Å². The second kappa shape index (κ2) is 11.0. The third-order valence-electron chi connectivity index (χ3n) is 4.74. The highest BCUT2D eigenvalue weighted by molar-refractivity contribution is 7.22. The van der Waals surface area contributed by atoms with Gasteiger partial charge in [0, 0.05) is 30.5 Å². The number of ether oxygens (including phenoxy) is 1. The predicted octanol–water partition coefficient (Wildman–Crippen LogP) is 6.03. The van der Waals surface area contributed by atoms with Gasteiger partial charge in [0.25, 0.3) is 5.91 Å². The number of para-hydroxylation sites is 1. The van der Waals surface area contributed by atoms with Gasteiger partial charge in [0.05, 0.1) is 21.6 Å². The smallest absolute Gasteiger partial charge is 0.266 e. The molecule has 32 heavy (non-hydrogen) atoms. The number of aryl methyl sites for hydroxylation is 2. The van der Waals surface area contributed by atoms with E-state index in [1.54, 1.807) is 35.6 Å². The monoisotopic (exact) mass is 510 g/mol. The zero-order valence-corrected chi connectivity index (χ0v) is 20.3. The average Bonchev–Trinajstić information content (AvgIpc) is 3.41. The SMILES string of the molecule is Cc1cccc2sc(N(CCCn3ccnc3)C(=O)COc3ccc(Cl)cc3Cl)nc12.Cl. The first-order valence-electron chi connectivity index (χ1n) is 9.71. The third-order valence-corrected chi connectivity index (χ3v) is 6.32. The number of fused-ring (bicyclic) bond motifs is 1. The molecule has 0 unspecified atom stereocenters. The summed E-state index contributed by atoms with van der Waals surface area (Å²) in [5.41, 5.74) is 1.99. The van der Waals surface area contributed by atoms with Crippen LogP contribution in [-0.4, -0.2) is 33.6 Å². The molecule has 4 rings (SSSR count). The van der Waals surface area contributed by atoms with E-state index in [4.69, 9.17) is 32.9 Å². The summed E-state index contributed by atoms with van der Waals surface area (Å²) < 4.78 is 8.71. The van der Waals surface area contributed by atoms with E-state index in [-0.39, 0.29) is 24.9 Å². The van der Waals surface area contributed by atoms with Gasteiger partial charge in [0.1, 0.15) is 5.75 Å². The Bertz CT molecular complexity index is 1200. The first-order chi connectivity index (χ1) is 15.0. The van der Waals surface area contributed by atoms with Crippen LogP contribution in [-0.2, 0) is 11.3 Å². The number of anilines is 1. The number of thiazole rings is 1. The molecule has 0 atom stereocenters. The second-order valence-corrected chi connectivity index (χ2v) is 8.83. The third kappa shape index (κ3) is 5.72. The van der Waals surface area contributed by atoms with Crippen LogP contribution in [0.3, 0.4) is 0 Å². The quantitative estimate of drug-likeness (QED) is 0.290. The molecule has 0 radical (unpaired) electrons. The Hall–Kier alpha value is -2.32. The molecule has 1 amide bonds. The molecule has 0 saturated heterocycles. The van der Waals surface area contributed by atoms with E-state index in [1.165, 1.54) is 11.3 Å². The van der Waals surface area contributed by atoms with Crippen LogP contribution in [0.4, 0.5) is 5.13 Å². The van der Waals surface area contributed by atoms with Crippen molar-refractivity contribution in [1.82, 2.24) is 14.5 Å². The molecule has 2 heterocycles. The summed E-state index contributed by atoms with van der Waals surface area (Å²) in [7, 11) is 0. The van der Waals surface area contributed by atoms with Gasteiger partial charge in [0.15, 0.2) is 11.7 Å². The summed E-state index contributed by atoms with van der Waals surface area (Å²) in [6.45, 7) is 3.12. The predicted molar refractivity (Wildman–Crippen MR) is 133 cm³/mol. The average molecular weight is 512 g/mol. The minimum Gasteiger partial charge on any atom is -0.482 e. The Kier molecular flexibility index (Phi) is 8.37. The summed E-state index contributed by atoms with van der Waals surface area (Å²) in [6.07, 6.45) is 6.15. The molecule has 10 heteroatoms. The van der Waals surface area contributed by atoms with E-state index in [9.17, 15) is 4.79 Å². The Morgan fingerprint density at radius 1 is 1.25 bits per heavy atom. The van der Waals surface area contributed by atoms with Crippen molar-refractivity contribution in [3.05, 3.63) is 70.7 Å². The summed E-state index contributed by atoms with van der Waals surface area (Å²) in [5, 5.41) is 1.53. The van der Waals surface area contributed by atoms with Crippen molar-refractivity contribution in [2.24, 2.45) is 0 Å². The molecule has 0 N–H and O–H groups in total.